The Morgan fingerprint density at radius 2 is 1.94 bits per heavy atom. The zero-order valence-electron chi connectivity index (χ0n) is 10.7. The summed E-state index contributed by atoms with van der Waals surface area (Å²) in [5.41, 5.74) is 0.783. The van der Waals surface area contributed by atoms with Crippen LogP contribution in [0.25, 0.3) is 5.13 Å². The zero-order valence-corrected chi connectivity index (χ0v) is 11.5. The summed E-state index contributed by atoms with van der Waals surface area (Å²) in [4.78, 5) is 11.9. The Kier molecular flexibility index (Phi) is 2.69. The molecule has 0 saturated carbocycles. The van der Waals surface area contributed by atoms with Gasteiger partial charge in [0.05, 0.1) is 0 Å². The minimum Gasteiger partial charge on any atom is -0.299 e. The lowest BCUT2D eigenvalue weighted by atomic mass is 9.98. The number of imidazole rings is 1. The number of hydrogen-bond donors (Lipinski definition) is 0. The molecule has 5 nitrogen and oxygen atoms in total. The van der Waals surface area contributed by atoms with Crippen molar-refractivity contribution in [3.63, 3.8) is 0 Å². The average molecular weight is 252 g/mol. The predicted octanol–water partition coefficient (Wildman–Crippen LogP) is 1.63. The highest BCUT2D eigenvalue weighted by atomic mass is 32.1. The summed E-state index contributed by atoms with van der Waals surface area (Å²) in [6.07, 6.45) is 1.79. The third-order valence-electron chi connectivity index (χ3n) is 2.60. The maximum atomic E-state index is 11.9. The minimum atomic E-state index is -0.0842. The monoisotopic (exact) mass is 252 g/mol. The van der Waals surface area contributed by atoms with E-state index >= 15 is 0 Å². The van der Waals surface area contributed by atoms with E-state index in [-0.39, 0.29) is 11.1 Å². The number of aryl methyl sites for hydroxylation is 1. The molecule has 0 N–H and O–H groups in total. The molecule has 6 heteroatoms. The van der Waals surface area contributed by atoms with Gasteiger partial charge in [0.1, 0.15) is 5.01 Å². The predicted molar refractivity (Wildman–Crippen MR) is 67.9 cm³/mol. The third-order valence-corrected chi connectivity index (χ3v) is 3.95. The van der Waals surface area contributed by atoms with Crippen molar-refractivity contribution < 1.29 is 0 Å². The van der Waals surface area contributed by atoms with Crippen LogP contribution in [0.5, 0.6) is 0 Å². The summed E-state index contributed by atoms with van der Waals surface area (Å²) in [6, 6.07) is 0. The van der Waals surface area contributed by atoms with Crippen LogP contribution >= 0.6 is 11.3 Å². The summed E-state index contributed by atoms with van der Waals surface area (Å²) >= 11 is 1.46. The number of rotatable bonds is 1. The Labute approximate surface area is 104 Å². The van der Waals surface area contributed by atoms with Gasteiger partial charge in [0.25, 0.3) is 0 Å². The number of nitrogens with zero attached hydrogens (tertiary/aromatic N) is 4. The first-order valence-corrected chi connectivity index (χ1v) is 6.21. The molecule has 0 aliphatic heterocycles. The summed E-state index contributed by atoms with van der Waals surface area (Å²) in [5.74, 6) is 0. The van der Waals surface area contributed by atoms with Gasteiger partial charge in [-0.3, -0.25) is 4.57 Å². The van der Waals surface area contributed by atoms with Gasteiger partial charge in [0, 0.05) is 24.4 Å². The summed E-state index contributed by atoms with van der Waals surface area (Å²) in [6.45, 7) is 8.13. The smallest absolute Gasteiger partial charge is 0.299 e. The lowest BCUT2D eigenvalue weighted by Crippen LogP contribution is -2.20. The SMILES string of the molecule is Cc1cn(-c2nnc(C(C)(C)C)s2)c(=O)n1C. The number of hydrogen-bond acceptors (Lipinski definition) is 4. The van der Waals surface area contributed by atoms with E-state index in [9.17, 15) is 4.79 Å². The Bertz CT molecular complexity index is 600. The molecule has 0 aliphatic rings. The van der Waals surface area contributed by atoms with Crippen LogP contribution in [0.15, 0.2) is 11.0 Å². The van der Waals surface area contributed by atoms with Gasteiger partial charge in [-0.25, -0.2) is 9.36 Å². The van der Waals surface area contributed by atoms with E-state index in [4.69, 9.17) is 0 Å². The molecule has 0 unspecified atom stereocenters. The molecule has 0 bridgehead atoms. The van der Waals surface area contributed by atoms with Gasteiger partial charge in [-0.2, -0.15) is 0 Å². The van der Waals surface area contributed by atoms with Crippen LogP contribution < -0.4 is 5.69 Å². The van der Waals surface area contributed by atoms with Crippen molar-refractivity contribution in [3.8, 4) is 5.13 Å². The second-order valence-electron chi connectivity index (χ2n) is 5.12. The number of aromatic nitrogens is 4. The topological polar surface area (TPSA) is 52.7 Å². The second-order valence-corrected chi connectivity index (χ2v) is 6.08. The molecule has 0 aliphatic carbocycles. The highest BCUT2D eigenvalue weighted by Crippen LogP contribution is 2.26. The first-order chi connectivity index (χ1) is 7.80. The maximum absolute atomic E-state index is 11.9. The fraction of sp³-hybridized carbons (Fsp3) is 0.545. The van der Waals surface area contributed by atoms with Crippen molar-refractivity contribution in [1.82, 2.24) is 19.3 Å². The molecule has 0 radical (unpaired) electrons. The van der Waals surface area contributed by atoms with Gasteiger partial charge in [-0.05, 0) is 6.92 Å². The molecule has 0 amide bonds. The van der Waals surface area contributed by atoms with Crippen LogP contribution in [0.1, 0.15) is 31.5 Å². The Morgan fingerprint density at radius 1 is 1.29 bits per heavy atom. The lowest BCUT2D eigenvalue weighted by Gasteiger charge is -2.12. The summed E-state index contributed by atoms with van der Waals surface area (Å²) in [5, 5.41) is 9.79. The van der Waals surface area contributed by atoms with Gasteiger partial charge in [0.15, 0.2) is 0 Å². The van der Waals surface area contributed by atoms with Crippen LogP contribution in [0.2, 0.25) is 0 Å². The molecule has 2 heterocycles. The van der Waals surface area contributed by atoms with Crippen LogP contribution in [0, 0.1) is 6.92 Å². The largest absolute Gasteiger partial charge is 0.334 e. The van der Waals surface area contributed by atoms with E-state index in [1.807, 2.05) is 6.92 Å². The van der Waals surface area contributed by atoms with Crippen molar-refractivity contribution in [2.24, 2.45) is 7.05 Å². The Morgan fingerprint density at radius 3 is 2.35 bits per heavy atom. The summed E-state index contributed by atoms with van der Waals surface area (Å²) in [7, 11) is 1.75. The average Bonchev–Trinajstić information content (AvgIpc) is 2.79. The molecular formula is C11H16N4OS. The normalized spacial score (nSPS) is 12.1. The van der Waals surface area contributed by atoms with Gasteiger partial charge in [0.2, 0.25) is 5.13 Å². The van der Waals surface area contributed by atoms with Gasteiger partial charge >= 0.3 is 5.69 Å². The van der Waals surface area contributed by atoms with E-state index in [0.29, 0.717) is 5.13 Å². The van der Waals surface area contributed by atoms with Crippen molar-refractivity contribution in [3.05, 3.63) is 27.4 Å². The second kappa shape index (κ2) is 3.80. The van der Waals surface area contributed by atoms with Crippen LogP contribution in [0.4, 0.5) is 0 Å². The molecule has 92 valence electrons. The fourth-order valence-corrected chi connectivity index (χ4v) is 2.27. The van der Waals surface area contributed by atoms with E-state index < -0.39 is 0 Å². The van der Waals surface area contributed by atoms with Crippen molar-refractivity contribution in [1.29, 1.82) is 0 Å². The Balaban J connectivity index is 2.51. The van der Waals surface area contributed by atoms with Crippen molar-refractivity contribution in [2.45, 2.75) is 33.1 Å². The first-order valence-electron chi connectivity index (χ1n) is 5.40. The van der Waals surface area contributed by atoms with E-state index in [0.717, 1.165) is 10.7 Å². The minimum absolute atomic E-state index is 0.0383. The molecule has 2 aromatic heterocycles. The standard InChI is InChI=1S/C11H16N4OS/c1-7-6-15(10(16)14(7)5)9-13-12-8(17-9)11(2,3)4/h6H,1-5H3. The molecule has 0 aromatic carbocycles. The van der Waals surface area contributed by atoms with Crippen LogP contribution in [-0.2, 0) is 12.5 Å². The molecular weight excluding hydrogens is 236 g/mol. The van der Waals surface area contributed by atoms with E-state index in [2.05, 4.69) is 31.0 Å². The molecule has 0 atom stereocenters. The fourth-order valence-electron chi connectivity index (χ4n) is 1.39. The molecule has 0 spiro atoms. The van der Waals surface area contributed by atoms with E-state index in [1.54, 1.807) is 22.4 Å². The van der Waals surface area contributed by atoms with Crippen LogP contribution in [0.3, 0.4) is 0 Å². The molecule has 2 aromatic rings. The van der Waals surface area contributed by atoms with E-state index in [1.165, 1.54) is 11.3 Å². The van der Waals surface area contributed by atoms with Crippen molar-refractivity contribution in [2.75, 3.05) is 0 Å². The highest BCUT2D eigenvalue weighted by Gasteiger charge is 2.20. The Hall–Kier alpha value is -1.43. The molecule has 17 heavy (non-hydrogen) atoms. The zero-order chi connectivity index (χ0) is 12.8. The first kappa shape index (κ1) is 12.0. The lowest BCUT2D eigenvalue weighted by molar-refractivity contribution is 0.578. The molecule has 0 saturated heterocycles. The van der Waals surface area contributed by atoms with Crippen molar-refractivity contribution >= 4 is 11.3 Å². The van der Waals surface area contributed by atoms with Gasteiger partial charge < -0.3 is 0 Å². The third kappa shape index (κ3) is 2.04. The quantitative estimate of drug-likeness (QED) is 0.775. The summed E-state index contributed by atoms with van der Waals surface area (Å²) < 4.78 is 3.14. The van der Waals surface area contributed by atoms with Gasteiger partial charge in [-0.1, -0.05) is 32.1 Å². The highest BCUT2D eigenvalue weighted by molar-refractivity contribution is 7.13. The van der Waals surface area contributed by atoms with Crippen LogP contribution in [-0.4, -0.2) is 19.3 Å². The molecule has 0 fully saturated rings. The molecule has 2 rings (SSSR count). The maximum Gasteiger partial charge on any atom is 0.334 e. The van der Waals surface area contributed by atoms with Gasteiger partial charge in [-0.15, -0.1) is 10.2 Å².